The number of benzene rings is 1. The molecule has 1 N–H and O–H groups in total. The maximum Gasteiger partial charge on any atom is 0.266 e. The predicted molar refractivity (Wildman–Crippen MR) is 112 cm³/mol. The van der Waals surface area contributed by atoms with Gasteiger partial charge < -0.3 is 14.6 Å². The number of ether oxygens (including phenoxy) is 2. The Morgan fingerprint density at radius 3 is 2.63 bits per heavy atom. The number of nitrogens with zero attached hydrogens (tertiary/aromatic N) is 3. The molecular formula is C22H26ClN3O4. The monoisotopic (exact) mass is 431 g/mol. The summed E-state index contributed by atoms with van der Waals surface area (Å²) in [4.78, 5) is 14.7. The van der Waals surface area contributed by atoms with Gasteiger partial charge in [-0.1, -0.05) is 18.0 Å². The number of hydrogen-bond acceptors (Lipinski definition) is 6. The number of fused-ring (bicyclic) bond motifs is 3. The molecule has 2 atom stereocenters. The van der Waals surface area contributed by atoms with Crippen LogP contribution in [0.2, 0.25) is 5.02 Å². The van der Waals surface area contributed by atoms with Crippen LogP contribution in [0.4, 0.5) is 0 Å². The van der Waals surface area contributed by atoms with Crippen molar-refractivity contribution in [2.45, 2.75) is 69.8 Å². The molecule has 2 aromatic rings. The minimum Gasteiger partial charge on any atom is -0.454 e. The van der Waals surface area contributed by atoms with Crippen LogP contribution in [0, 0.1) is 6.92 Å². The van der Waals surface area contributed by atoms with Gasteiger partial charge in [0.2, 0.25) is 6.79 Å². The van der Waals surface area contributed by atoms with Crippen LogP contribution in [0.15, 0.2) is 29.1 Å². The molecule has 0 aliphatic carbocycles. The van der Waals surface area contributed by atoms with Crippen molar-refractivity contribution >= 4 is 11.6 Å². The SMILES string of the molecule is Cc1ccc(=O)n(CC2(O)CC3CCCC(C2)N3Cc2cc3c(cc2Cl)OCO3)n1. The van der Waals surface area contributed by atoms with Crippen LogP contribution in [0.3, 0.4) is 0 Å². The van der Waals surface area contributed by atoms with Crippen molar-refractivity contribution in [1.82, 2.24) is 14.7 Å². The lowest BCUT2D eigenvalue weighted by atomic mass is 9.75. The van der Waals surface area contributed by atoms with Gasteiger partial charge in [0.1, 0.15) is 0 Å². The zero-order valence-corrected chi connectivity index (χ0v) is 17.8. The second-order valence-corrected chi connectivity index (χ2v) is 9.22. The first kappa shape index (κ1) is 19.8. The van der Waals surface area contributed by atoms with E-state index in [-0.39, 0.29) is 31.0 Å². The normalized spacial score (nSPS) is 28.0. The summed E-state index contributed by atoms with van der Waals surface area (Å²) in [5, 5.41) is 16.4. The summed E-state index contributed by atoms with van der Waals surface area (Å²) < 4.78 is 12.3. The summed E-state index contributed by atoms with van der Waals surface area (Å²) in [7, 11) is 0. The Bertz CT molecular complexity index is 1010. The van der Waals surface area contributed by atoms with Crippen molar-refractivity contribution in [3.05, 3.63) is 50.9 Å². The molecule has 8 heteroatoms. The summed E-state index contributed by atoms with van der Waals surface area (Å²) in [5.74, 6) is 1.42. The van der Waals surface area contributed by atoms with E-state index < -0.39 is 5.60 Å². The van der Waals surface area contributed by atoms with Gasteiger partial charge in [0.25, 0.3) is 5.56 Å². The molecule has 160 valence electrons. The summed E-state index contributed by atoms with van der Waals surface area (Å²) in [5.41, 5.74) is 0.678. The Hall–Kier alpha value is -2.09. The third-order valence-corrected chi connectivity index (χ3v) is 6.93. The molecule has 5 rings (SSSR count). The number of aliphatic hydroxyl groups is 1. The fourth-order valence-corrected chi connectivity index (χ4v) is 5.44. The van der Waals surface area contributed by atoms with Crippen molar-refractivity contribution in [2.75, 3.05) is 6.79 Å². The molecule has 1 aromatic heterocycles. The van der Waals surface area contributed by atoms with E-state index in [2.05, 4.69) is 10.00 Å². The molecule has 2 unspecified atom stereocenters. The van der Waals surface area contributed by atoms with E-state index >= 15 is 0 Å². The van der Waals surface area contributed by atoms with Crippen LogP contribution in [-0.4, -0.2) is 44.3 Å². The van der Waals surface area contributed by atoms with Crippen LogP contribution in [0.25, 0.3) is 0 Å². The summed E-state index contributed by atoms with van der Waals surface area (Å²) in [6.07, 6.45) is 4.44. The molecular weight excluding hydrogens is 406 g/mol. The van der Waals surface area contributed by atoms with E-state index in [0.29, 0.717) is 30.2 Å². The largest absolute Gasteiger partial charge is 0.454 e. The number of aryl methyl sites for hydroxylation is 1. The highest BCUT2D eigenvalue weighted by Gasteiger charge is 2.46. The molecule has 0 amide bonds. The van der Waals surface area contributed by atoms with Crippen molar-refractivity contribution in [2.24, 2.45) is 0 Å². The van der Waals surface area contributed by atoms with Gasteiger partial charge in [-0.25, -0.2) is 4.68 Å². The van der Waals surface area contributed by atoms with E-state index in [4.69, 9.17) is 21.1 Å². The molecule has 2 bridgehead atoms. The second kappa shape index (κ2) is 7.55. The summed E-state index contributed by atoms with van der Waals surface area (Å²) in [6, 6.07) is 7.50. The standard InChI is InChI=1S/C22H26ClN3O4/c1-14-5-6-21(27)26(24-14)12-22(28)9-16-3-2-4-17(10-22)25(16)11-15-7-19-20(8-18(15)23)30-13-29-19/h5-8,16-17,28H,2-4,9-13H2,1H3. The smallest absolute Gasteiger partial charge is 0.266 e. The maximum atomic E-state index is 12.2. The van der Waals surface area contributed by atoms with E-state index in [1.807, 2.05) is 19.1 Å². The van der Waals surface area contributed by atoms with Gasteiger partial charge in [0, 0.05) is 35.8 Å². The molecule has 2 fully saturated rings. The molecule has 7 nitrogen and oxygen atoms in total. The molecule has 1 aromatic carbocycles. The van der Waals surface area contributed by atoms with E-state index in [0.717, 1.165) is 36.3 Å². The minimum absolute atomic E-state index is 0.172. The number of rotatable bonds is 4. The third-order valence-electron chi connectivity index (χ3n) is 6.58. The second-order valence-electron chi connectivity index (χ2n) is 8.81. The quantitative estimate of drug-likeness (QED) is 0.802. The Morgan fingerprint density at radius 2 is 1.90 bits per heavy atom. The van der Waals surface area contributed by atoms with Gasteiger partial charge in [-0.3, -0.25) is 9.69 Å². The summed E-state index contributed by atoms with van der Waals surface area (Å²) >= 11 is 6.52. The first-order valence-electron chi connectivity index (χ1n) is 10.5. The molecule has 0 radical (unpaired) electrons. The van der Waals surface area contributed by atoms with Crippen molar-refractivity contribution in [1.29, 1.82) is 0 Å². The molecule has 2 saturated heterocycles. The number of piperidine rings is 2. The third kappa shape index (κ3) is 3.70. The minimum atomic E-state index is -0.935. The van der Waals surface area contributed by atoms with Crippen molar-refractivity contribution in [3.63, 3.8) is 0 Å². The highest BCUT2D eigenvalue weighted by atomic mass is 35.5. The average Bonchev–Trinajstić information content (AvgIpc) is 3.13. The average molecular weight is 432 g/mol. The first-order valence-corrected chi connectivity index (χ1v) is 10.9. The lowest BCUT2D eigenvalue weighted by Gasteiger charge is -2.52. The summed E-state index contributed by atoms with van der Waals surface area (Å²) in [6.45, 7) is 3.03. The molecule has 3 aliphatic rings. The maximum absolute atomic E-state index is 12.2. The topological polar surface area (TPSA) is 76.8 Å². The first-order chi connectivity index (χ1) is 14.4. The van der Waals surface area contributed by atoms with Crippen LogP contribution in [0.5, 0.6) is 11.5 Å². The van der Waals surface area contributed by atoms with Crippen molar-refractivity contribution < 1.29 is 14.6 Å². The highest BCUT2D eigenvalue weighted by molar-refractivity contribution is 6.31. The van der Waals surface area contributed by atoms with Gasteiger partial charge in [-0.15, -0.1) is 0 Å². The van der Waals surface area contributed by atoms with Gasteiger partial charge in [-0.2, -0.15) is 5.10 Å². The van der Waals surface area contributed by atoms with Crippen LogP contribution < -0.4 is 15.0 Å². The number of aromatic nitrogens is 2. The lowest BCUT2D eigenvalue weighted by molar-refractivity contribution is -0.105. The Labute approximate surface area is 180 Å². The number of hydrogen-bond donors (Lipinski definition) is 1. The zero-order chi connectivity index (χ0) is 20.9. The van der Waals surface area contributed by atoms with Gasteiger partial charge in [-0.05, 0) is 50.3 Å². The van der Waals surface area contributed by atoms with Crippen LogP contribution in [0.1, 0.15) is 43.4 Å². The fraction of sp³-hybridized carbons (Fsp3) is 0.545. The van der Waals surface area contributed by atoms with E-state index in [1.54, 1.807) is 6.07 Å². The fourth-order valence-electron chi connectivity index (χ4n) is 5.23. The lowest BCUT2D eigenvalue weighted by Crippen LogP contribution is -2.59. The Morgan fingerprint density at radius 1 is 1.20 bits per heavy atom. The van der Waals surface area contributed by atoms with Gasteiger partial charge >= 0.3 is 0 Å². The van der Waals surface area contributed by atoms with E-state index in [9.17, 15) is 9.90 Å². The van der Waals surface area contributed by atoms with Crippen LogP contribution in [-0.2, 0) is 13.1 Å². The number of halogens is 1. The van der Waals surface area contributed by atoms with Crippen molar-refractivity contribution in [3.8, 4) is 11.5 Å². The molecule has 0 spiro atoms. The molecule has 3 aliphatic heterocycles. The van der Waals surface area contributed by atoms with Gasteiger partial charge in [0.05, 0.1) is 17.8 Å². The molecule has 30 heavy (non-hydrogen) atoms. The molecule has 0 saturated carbocycles. The van der Waals surface area contributed by atoms with Gasteiger partial charge in [0.15, 0.2) is 11.5 Å². The Balaban J connectivity index is 1.36. The predicted octanol–water partition coefficient (Wildman–Crippen LogP) is 2.88. The van der Waals surface area contributed by atoms with E-state index in [1.165, 1.54) is 10.7 Å². The zero-order valence-electron chi connectivity index (χ0n) is 17.0. The van der Waals surface area contributed by atoms with Crippen LogP contribution >= 0.6 is 11.6 Å². The highest BCUT2D eigenvalue weighted by Crippen LogP contribution is 2.43. The molecule has 4 heterocycles. The Kier molecular flexibility index (Phi) is 5.00.